The summed E-state index contributed by atoms with van der Waals surface area (Å²) in [5, 5.41) is 2.98. The maximum absolute atomic E-state index is 12.3. The zero-order chi connectivity index (χ0) is 20.5. The second kappa shape index (κ2) is 10.3. The first-order valence-corrected chi connectivity index (χ1v) is 9.78. The second-order valence-electron chi connectivity index (χ2n) is 7.09. The zero-order valence-electron chi connectivity index (χ0n) is 17.0. The Hall–Kier alpha value is -3.34. The molecule has 0 fully saturated rings. The summed E-state index contributed by atoms with van der Waals surface area (Å²) in [6.07, 6.45) is 5.35. The summed E-state index contributed by atoms with van der Waals surface area (Å²) in [5.74, 6) is 0.665. The third-order valence-corrected chi connectivity index (χ3v) is 4.63. The van der Waals surface area contributed by atoms with Crippen molar-refractivity contribution in [3.63, 3.8) is 0 Å². The molecule has 0 saturated carbocycles. The van der Waals surface area contributed by atoms with E-state index in [1.54, 1.807) is 24.5 Å². The van der Waals surface area contributed by atoms with Gasteiger partial charge in [-0.1, -0.05) is 18.2 Å². The van der Waals surface area contributed by atoms with Gasteiger partial charge in [-0.15, -0.1) is 0 Å². The van der Waals surface area contributed by atoms with Gasteiger partial charge in [0.15, 0.2) is 0 Å². The van der Waals surface area contributed by atoms with E-state index in [0.29, 0.717) is 18.7 Å². The van der Waals surface area contributed by atoms with Crippen molar-refractivity contribution in [1.29, 1.82) is 0 Å². The van der Waals surface area contributed by atoms with E-state index in [2.05, 4.69) is 39.5 Å². The van der Waals surface area contributed by atoms with E-state index in [9.17, 15) is 4.79 Å². The van der Waals surface area contributed by atoms with Gasteiger partial charge in [-0.25, -0.2) is 0 Å². The molecule has 0 unspecified atom stereocenters. The van der Waals surface area contributed by atoms with Gasteiger partial charge in [0, 0.05) is 49.8 Å². The molecule has 0 aliphatic heterocycles. The molecule has 1 amide bonds. The van der Waals surface area contributed by atoms with Gasteiger partial charge >= 0.3 is 0 Å². The number of ether oxygens (including phenoxy) is 1. The lowest BCUT2D eigenvalue weighted by Gasteiger charge is -2.12. The van der Waals surface area contributed by atoms with Crippen molar-refractivity contribution in [1.82, 2.24) is 10.3 Å². The van der Waals surface area contributed by atoms with Gasteiger partial charge in [-0.3, -0.25) is 9.78 Å². The molecule has 0 atom stereocenters. The highest BCUT2D eigenvalue weighted by atomic mass is 16.5. The standard InChI is InChI=1S/C24H27N3O2/c1-27(2)22-11-7-19(8-12-22)5-4-16-26-24(28)21-9-13-23(14-10-21)29-18-20-6-3-15-25-17-20/h3,6-15,17H,4-5,16,18H2,1-2H3,(H,26,28). The van der Waals surface area contributed by atoms with Crippen LogP contribution in [0.25, 0.3) is 0 Å². The molecule has 0 aliphatic carbocycles. The monoisotopic (exact) mass is 389 g/mol. The van der Waals surface area contributed by atoms with Crippen LogP contribution in [0.3, 0.4) is 0 Å². The van der Waals surface area contributed by atoms with E-state index in [1.165, 1.54) is 11.3 Å². The van der Waals surface area contributed by atoms with Crippen molar-refractivity contribution in [3.8, 4) is 5.75 Å². The molecule has 5 heteroatoms. The molecule has 3 rings (SSSR count). The first kappa shape index (κ1) is 20.4. The van der Waals surface area contributed by atoms with Crippen LogP contribution in [0, 0.1) is 0 Å². The number of nitrogens with zero attached hydrogens (tertiary/aromatic N) is 2. The van der Waals surface area contributed by atoms with E-state index in [-0.39, 0.29) is 5.91 Å². The first-order chi connectivity index (χ1) is 14.1. The Morgan fingerprint density at radius 1 is 1.00 bits per heavy atom. The van der Waals surface area contributed by atoms with Gasteiger partial charge in [0.1, 0.15) is 12.4 Å². The van der Waals surface area contributed by atoms with E-state index in [1.807, 2.05) is 38.4 Å². The topological polar surface area (TPSA) is 54.5 Å². The molecule has 1 aromatic heterocycles. The minimum absolute atomic E-state index is 0.0632. The fourth-order valence-corrected chi connectivity index (χ4v) is 2.91. The number of carbonyl (C=O) groups is 1. The maximum Gasteiger partial charge on any atom is 0.251 e. The Labute approximate surface area is 172 Å². The summed E-state index contributed by atoms with van der Waals surface area (Å²) in [4.78, 5) is 18.4. The molecule has 29 heavy (non-hydrogen) atoms. The lowest BCUT2D eigenvalue weighted by molar-refractivity contribution is 0.0953. The van der Waals surface area contributed by atoms with Crippen molar-refractivity contribution < 1.29 is 9.53 Å². The SMILES string of the molecule is CN(C)c1ccc(CCCNC(=O)c2ccc(OCc3cccnc3)cc2)cc1. The predicted molar refractivity (Wildman–Crippen MR) is 116 cm³/mol. The molecule has 150 valence electrons. The fourth-order valence-electron chi connectivity index (χ4n) is 2.91. The van der Waals surface area contributed by atoms with E-state index < -0.39 is 0 Å². The molecule has 5 nitrogen and oxygen atoms in total. The molecule has 3 aromatic rings. The molecule has 0 aliphatic rings. The van der Waals surface area contributed by atoms with Gasteiger partial charge in [0.25, 0.3) is 5.91 Å². The minimum atomic E-state index is -0.0632. The van der Waals surface area contributed by atoms with Crippen LogP contribution < -0.4 is 15.0 Å². The van der Waals surface area contributed by atoms with Crippen molar-refractivity contribution in [2.45, 2.75) is 19.4 Å². The number of carbonyl (C=O) groups excluding carboxylic acids is 1. The highest BCUT2D eigenvalue weighted by Gasteiger charge is 2.05. The Morgan fingerprint density at radius 3 is 2.41 bits per heavy atom. The van der Waals surface area contributed by atoms with Crippen molar-refractivity contribution in [2.24, 2.45) is 0 Å². The number of aromatic nitrogens is 1. The number of aryl methyl sites for hydroxylation is 1. The predicted octanol–water partition coefficient (Wildman–Crippen LogP) is 4.09. The number of hydrogen-bond donors (Lipinski definition) is 1. The second-order valence-corrected chi connectivity index (χ2v) is 7.09. The number of anilines is 1. The number of amides is 1. The summed E-state index contributed by atoms with van der Waals surface area (Å²) in [6.45, 7) is 1.10. The highest BCUT2D eigenvalue weighted by molar-refractivity contribution is 5.94. The molecule has 0 bridgehead atoms. The third-order valence-electron chi connectivity index (χ3n) is 4.63. The lowest BCUT2D eigenvalue weighted by Crippen LogP contribution is -2.24. The zero-order valence-corrected chi connectivity index (χ0v) is 17.0. The summed E-state index contributed by atoms with van der Waals surface area (Å²) < 4.78 is 5.72. The summed E-state index contributed by atoms with van der Waals surface area (Å²) in [6, 6.07) is 19.6. The van der Waals surface area contributed by atoms with Gasteiger partial charge in [-0.2, -0.15) is 0 Å². The molecule has 0 spiro atoms. The third kappa shape index (κ3) is 6.35. The number of hydrogen-bond acceptors (Lipinski definition) is 4. The normalized spacial score (nSPS) is 10.4. The average Bonchev–Trinajstić information content (AvgIpc) is 2.76. The van der Waals surface area contributed by atoms with Crippen LogP contribution in [0.15, 0.2) is 73.1 Å². The summed E-state index contributed by atoms with van der Waals surface area (Å²) in [5.41, 5.74) is 4.11. The minimum Gasteiger partial charge on any atom is -0.489 e. The molecule has 0 saturated heterocycles. The molecular weight excluding hydrogens is 362 g/mol. The van der Waals surface area contributed by atoms with Crippen LogP contribution >= 0.6 is 0 Å². The number of benzene rings is 2. The average molecular weight is 389 g/mol. The summed E-state index contributed by atoms with van der Waals surface area (Å²) >= 11 is 0. The largest absolute Gasteiger partial charge is 0.489 e. The molecule has 0 radical (unpaired) electrons. The molecular formula is C24H27N3O2. The lowest BCUT2D eigenvalue weighted by atomic mass is 10.1. The van der Waals surface area contributed by atoms with Crippen LogP contribution in [-0.4, -0.2) is 31.5 Å². The highest BCUT2D eigenvalue weighted by Crippen LogP contribution is 2.15. The number of pyridine rings is 1. The van der Waals surface area contributed by atoms with Crippen molar-refractivity contribution in [2.75, 3.05) is 25.5 Å². The maximum atomic E-state index is 12.3. The van der Waals surface area contributed by atoms with Crippen LogP contribution in [0.5, 0.6) is 5.75 Å². The quantitative estimate of drug-likeness (QED) is 0.560. The van der Waals surface area contributed by atoms with Gasteiger partial charge < -0.3 is 15.0 Å². The Kier molecular flexibility index (Phi) is 7.22. The van der Waals surface area contributed by atoms with Crippen LogP contribution in [-0.2, 0) is 13.0 Å². The van der Waals surface area contributed by atoms with Gasteiger partial charge in [0.05, 0.1) is 0 Å². The first-order valence-electron chi connectivity index (χ1n) is 9.78. The molecule has 2 aromatic carbocycles. The Bertz CT molecular complexity index is 892. The summed E-state index contributed by atoms with van der Waals surface area (Å²) in [7, 11) is 4.06. The number of nitrogens with one attached hydrogen (secondary N) is 1. The number of rotatable bonds is 9. The van der Waals surface area contributed by atoms with E-state index in [4.69, 9.17) is 4.74 Å². The van der Waals surface area contributed by atoms with E-state index in [0.717, 1.165) is 24.2 Å². The van der Waals surface area contributed by atoms with Gasteiger partial charge in [-0.05, 0) is 60.9 Å². The van der Waals surface area contributed by atoms with Gasteiger partial charge in [0.2, 0.25) is 0 Å². The molecule has 1 N–H and O–H groups in total. The fraction of sp³-hybridized carbons (Fsp3) is 0.250. The van der Waals surface area contributed by atoms with Crippen LogP contribution in [0.4, 0.5) is 5.69 Å². The van der Waals surface area contributed by atoms with E-state index >= 15 is 0 Å². The van der Waals surface area contributed by atoms with Crippen LogP contribution in [0.1, 0.15) is 27.9 Å². The Morgan fingerprint density at radius 2 is 1.76 bits per heavy atom. The molecule has 1 heterocycles. The van der Waals surface area contributed by atoms with Crippen molar-refractivity contribution in [3.05, 3.63) is 89.7 Å². The van der Waals surface area contributed by atoms with Crippen molar-refractivity contribution >= 4 is 11.6 Å². The van der Waals surface area contributed by atoms with Crippen LogP contribution in [0.2, 0.25) is 0 Å². The Balaban J connectivity index is 1.40. The smallest absolute Gasteiger partial charge is 0.251 e.